The van der Waals surface area contributed by atoms with Gasteiger partial charge in [0.1, 0.15) is 0 Å². The van der Waals surface area contributed by atoms with Crippen LogP contribution in [0.5, 0.6) is 0 Å². The van der Waals surface area contributed by atoms with Gasteiger partial charge in [0, 0.05) is 42.0 Å². The number of likely N-dealkylation sites (tertiary alicyclic amines) is 1. The van der Waals surface area contributed by atoms with Crippen LogP contribution in [-0.2, 0) is 13.0 Å². The van der Waals surface area contributed by atoms with Crippen molar-refractivity contribution in [3.05, 3.63) is 89.5 Å². The van der Waals surface area contributed by atoms with Gasteiger partial charge in [-0.15, -0.1) is 0 Å². The molecule has 4 nitrogen and oxygen atoms in total. The van der Waals surface area contributed by atoms with Crippen LogP contribution in [0.1, 0.15) is 80.8 Å². The van der Waals surface area contributed by atoms with E-state index in [9.17, 15) is 0 Å². The Labute approximate surface area is 219 Å². The number of hydrogen-bond donors (Lipinski definition) is 1. The zero-order chi connectivity index (χ0) is 26.3. The largest absolute Gasteiger partial charge is 0.330 e. The molecule has 0 aliphatic carbocycles. The van der Waals surface area contributed by atoms with Crippen molar-refractivity contribution >= 4 is 6.08 Å². The molecule has 194 valence electrons. The van der Waals surface area contributed by atoms with Crippen molar-refractivity contribution in [1.82, 2.24) is 14.9 Å². The summed E-state index contributed by atoms with van der Waals surface area (Å²) in [4.78, 5) is 11.6. The Morgan fingerprint density at radius 3 is 2.33 bits per heavy atom. The van der Waals surface area contributed by atoms with E-state index in [2.05, 4.69) is 72.5 Å². The first-order valence-corrected chi connectivity index (χ1v) is 13.6. The Balaban J connectivity index is 0.000000318. The van der Waals surface area contributed by atoms with Crippen molar-refractivity contribution in [3.8, 4) is 11.1 Å². The first-order valence-electron chi connectivity index (χ1n) is 13.6. The van der Waals surface area contributed by atoms with Gasteiger partial charge in [0.15, 0.2) is 0 Å². The van der Waals surface area contributed by atoms with Gasteiger partial charge in [0.05, 0.1) is 0 Å². The average Bonchev–Trinajstić information content (AvgIpc) is 3.45. The number of aryl methyl sites for hydroxylation is 2. The van der Waals surface area contributed by atoms with Crippen molar-refractivity contribution in [2.24, 2.45) is 5.73 Å². The van der Waals surface area contributed by atoms with Crippen LogP contribution in [0.2, 0.25) is 0 Å². The fourth-order valence-electron chi connectivity index (χ4n) is 4.62. The maximum Gasteiger partial charge on any atom is 0.0408 e. The highest BCUT2D eigenvalue weighted by Gasteiger charge is 2.14. The highest BCUT2D eigenvalue weighted by molar-refractivity contribution is 5.63. The van der Waals surface area contributed by atoms with Crippen molar-refractivity contribution in [2.75, 3.05) is 19.6 Å². The summed E-state index contributed by atoms with van der Waals surface area (Å²) < 4.78 is 0. The monoisotopic (exact) mass is 486 g/mol. The van der Waals surface area contributed by atoms with E-state index in [1.807, 2.05) is 44.6 Å². The van der Waals surface area contributed by atoms with Crippen molar-refractivity contribution < 1.29 is 0 Å². The Morgan fingerprint density at radius 1 is 1.03 bits per heavy atom. The molecule has 4 rings (SSSR count). The average molecular weight is 487 g/mol. The van der Waals surface area contributed by atoms with Crippen LogP contribution >= 0.6 is 0 Å². The van der Waals surface area contributed by atoms with Gasteiger partial charge in [0.25, 0.3) is 0 Å². The summed E-state index contributed by atoms with van der Waals surface area (Å²) in [6.07, 6.45) is 12.5. The van der Waals surface area contributed by atoms with Crippen LogP contribution in [0.4, 0.5) is 0 Å². The van der Waals surface area contributed by atoms with Gasteiger partial charge in [-0.25, -0.2) is 0 Å². The third kappa shape index (κ3) is 8.39. The molecule has 0 amide bonds. The second-order valence-corrected chi connectivity index (χ2v) is 9.06. The molecular formula is C32H46N4. The Kier molecular flexibility index (Phi) is 13.1. The van der Waals surface area contributed by atoms with Crippen LogP contribution < -0.4 is 5.73 Å². The second-order valence-electron chi connectivity index (χ2n) is 9.06. The second kappa shape index (κ2) is 16.0. The highest BCUT2D eigenvalue weighted by atomic mass is 15.1. The lowest BCUT2D eigenvalue weighted by atomic mass is 9.93. The van der Waals surface area contributed by atoms with E-state index in [-0.39, 0.29) is 0 Å². The lowest BCUT2D eigenvalue weighted by Gasteiger charge is -2.17. The molecule has 0 bridgehead atoms. The number of rotatable bonds is 8. The lowest BCUT2D eigenvalue weighted by Crippen LogP contribution is -2.18. The van der Waals surface area contributed by atoms with Gasteiger partial charge < -0.3 is 5.73 Å². The number of aromatic nitrogens is 2. The fourth-order valence-corrected chi connectivity index (χ4v) is 4.62. The molecule has 0 radical (unpaired) electrons. The quantitative estimate of drug-likeness (QED) is 0.360. The minimum Gasteiger partial charge on any atom is -0.330 e. The molecule has 0 saturated carbocycles. The van der Waals surface area contributed by atoms with Gasteiger partial charge in [0.2, 0.25) is 0 Å². The first kappa shape index (κ1) is 29.4. The van der Waals surface area contributed by atoms with Gasteiger partial charge in [-0.3, -0.25) is 14.9 Å². The van der Waals surface area contributed by atoms with Crippen molar-refractivity contribution in [2.45, 2.75) is 72.8 Å². The summed E-state index contributed by atoms with van der Waals surface area (Å²) in [7, 11) is 0. The number of hydrogen-bond acceptors (Lipinski definition) is 4. The smallest absolute Gasteiger partial charge is 0.0408 e. The molecule has 1 aliphatic rings. The molecule has 36 heavy (non-hydrogen) atoms. The molecule has 2 aromatic heterocycles. The fraction of sp³-hybridized carbons (Fsp3) is 0.438. The molecule has 4 heteroatoms. The number of pyridine rings is 2. The van der Waals surface area contributed by atoms with E-state index in [4.69, 9.17) is 5.73 Å². The lowest BCUT2D eigenvalue weighted by molar-refractivity contribution is 0.331. The van der Waals surface area contributed by atoms with Crippen LogP contribution in [0, 0.1) is 6.92 Å². The minimum atomic E-state index is 0.373. The van der Waals surface area contributed by atoms with E-state index >= 15 is 0 Å². The Morgan fingerprint density at radius 2 is 1.72 bits per heavy atom. The van der Waals surface area contributed by atoms with Crippen LogP contribution in [0.3, 0.4) is 0 Å². The molecule has 1 aromatic carbocycles. The molecule has 3 heterocycles. The number of nitrogens with two attached hydrogens (primary N) is 1. The van der Waals surface area contributed by atoms with Gasteiger partial charge in [-0.05, 0) is 92.5 Å². The molecule has 1 unspecified atom stereocenters. The van der Waals surface area contributed by atoms with Crippen LogP contribution in [-0.4, -0.2) is 34.5 Å². The molecule has 0 spiro atoms. The summed E-state index contributed by atoms with van der Waals surface area (Å²) >= 11 is 0. The molecular weight excluding hydrogens is 440 g/mol. The molecule has 3 aromatic rings. The topological polar surface area (TPSA) is 55.0 Å². The minimum absolute atomic E-state index is 0.373. The van der Waals surface area contributed by atoms with Crippen molar-refractivity contribution in [3.63, 3.8) is 0 Å². The maximum absolute atomic E-state index is 5.94. The molecule has 1 fully saturated rings. The predicted octanol–water partition coefficient (Wildman–Crippen LogP) is 7.42. The zero-order valence-electron chi connectivity index (χ0n) is 23.1. The van der Waals surface area contributed by atoms with E-state index < -0.39 is 0 Å². The van der Waals surface area contributed by atoms with Gasteiger partial charge in [-0.1, -0.05) is 64.6 Å². The third-order valence-electron chi connectivity index (χ3n) is 6.73. The first-order chi connectivity index (χ1) is 17.6. The number of nitrogens with zero attached hydrogens (tertiary/aromatic N) is 3. The summed E-state index contributed by atoms with van der Waals surface area (Å²) in [6, 6.07) is 12.8. The van der Waals surface area contributed by atoms with Gasteiger partial charge in [-0.2, -0.15) is 0 Å². The normalized spacial score (nSPS) is 13.7. The van der Waals surface area contributed by atoms with E-state index in [1.54, 1.807) is 0 Å². The molecule has 2 N–H and O–H groups in total. The summed E-state index contributed by atoms with van der Waals surface area (Å²) in [5.41, 5.74) is 14.5. The molecule has 1 aliphatic heterocycles. The Hall–Kier alpha value is -2.82. The third-order valence-corrected chi connectivity index (χ3v) is 6.73. The number of benzene rings is 1. The SMILES string of the molecule is C=Cc1ccccc1CC.CC.CCC(CN)c1cc(-c2cncc(CN3CCCC3)c2)cnc1C. The van der Waals surface area contributed by atoms with Gasteiger partial charge >= 0.3 is 0 Å². The van der Waals surface area contributed by atoms with E-state index in [0.717, 1.165) is 36.2 Å². The van der Waals surface area contributed by atoms with Crippen LogP contribution in [0.15, 0.2) is 61.6 Å². The van der Waals surface area contributed by atoms with E-state index in [0.29, 0.717) is 12.5 Å². The standard InChI is InChI=1S/C20H28N4.C10H12.C2H6/c1-3-17(10-21)20-9-19(13-23-15(20)2)18-8-16(11-22-12-18)14-24-6-4-5-7-24;1-3-9-7-5-6-8-10(9)4-2;1-2/h8-9,11-13,17H,3-7,10,14,21H2,1-2H3;3,5-8H,1,4H2,2H3;1-2H3. The molecule has 1 atom stereocenters. The zero-order valence-corrected chi connectivity index (χ0v) is 23.1. The van der Waals surface area contributed by atoms with Crippen LogP contribution in [0.25, 0.3) is 17.2 Å². The van der Waals surface area contributed by atoms with E-state index in [1.165, 1.54) is 48.2 Å². The highest BCUT2D eigenvalue weighted by Crippen LogP contribution is 2.27. The Bertz CT molecular complexity index is 1050. The predicted molar refractivity (Wildman–Crippen MR) is 156 cm³/mol. The summed E-state index contributed by atoms with van der Waals surface area (Å²) in [6.45, 7) is 18.2. The van der Waals surface area contributed by atoms with Crippen molar-refractivity contribution in [1.29, 1.82) is 0 Å². The summed E-state index contributed by atoms with van der Waals surface area (Å²) in [5.74, 6) is 0.373. The molecule has 1 saturated heterocycles. The summed E-state index contributed by atoms with van der Waals surface area (Å²) in [5, 5.41) is 0. The maximum atomic E-state index is 5.94.